The Morgan fingerprint density at radius 2 is 2.21 bits per heavy atom. The molecule has 0 radical (unpaired) electrons. The molecule has 0 unspecified atom stereocenters. The summed E-state index contributed by atoms with van der Waals surface area (Å²) in [6.45, 7) is 4.28. The quantitative estimate of drug-likeness (QED) is 0.692. The first-order valence-electron chi connectivity index (χ1n) is 7.77. The Hall–Kier alpha value is -2.96. The van der Waals surface area contributed by atoms with Gasteiger partial charge < -0.3 is 13.8 Å². The van der Waals surface area contributed by atoms with Crippen molar-refractivity contribution < 1.29 is 9.26 Å². The van der Waals surface area contributed by atoms with E-state index < -0.39 is 0 Å². The van der Waals surface area contributed by atoms with Crippen LogP contribution < -0.4 is 10.3 Å². The van der Waals surface area contributed by atoms with Gasteiger partial charge in [-0.15, -0.1) is 0 Å². The van der Waals surface area contributed by atoms with E-state index in [4.69, 9.17) is 9.26 Å². The second-order valence-electron chi connectivity index (χ2n) is 5.40. The van der Waals surface area contributed by atoms with Gasteiger partial charge >= 0.3 is 0 Å². The number of nitrogens with zero attached hydrogens (tertiary/aromatic N) is 4. The van der Waals surface area contributed by atoms with Crippen molar-refractivity contribution in [3.8, 4) is 17.3 Å². The lowest BCUT2D eigenvalue weighted by atomic mass is 10.2. The maximum atomic E-state index is 11.7. The first-order valence-corrected chi connectivity index (χ1v) is 7.77. The molecule has 24 heavy (non-hydrogen) atoms. The molecule has 0 aliphatic rings. The fourth-order valence-corrected chi connectivity index (χ4v) is 2.08. The molecule has 1 atom stereocenters. The standard InChI is InChI=1S/C17H18N4O3/c1-3-12(2)23-15-10-13(7-8-18-15)17-19-14(20-24-17)11-21-9-5-4-6-16(21)22/h4-10,12H,3,11H2,1-2H3/t12-/m0/s1. The Morgan fingerprint density at radius 1 is 1.33 bits per heavy atom. The van der Waals surface area contributed by atoms with Gasteiger partial charge in [-0.05, 0) is 25.5 Å². The van der Waals surface area contributed by atoms with Crippen LogP contribution in [0.5, 0.6) is 5.88 Å². The Labute approximate surface area is 138 Å². The van der Waals surface area contributed by atoms with Gasteiger partial charge in [0.25, 0.3) is 11.4 Å². The third-order valence-electron chi connectivity index (χ3n) is 3.56. The first-order chi connectivity index (χ1) is 11.7. The molecular formula is C17H18N4O3. The molecule has 124 valence electrons. The lowest BCUT2D eigenvalue weighted by molar-refractivity contribution is 0.208. The largest absolute Gasteiger partial charge is 0.475 e. The molecule has 0 amide bonds. The van der Waals surface area contributed by atoms with Crippen molar-refractivity contribution in [1.82, 2.24) is 19.7 Å². The lowest BCUT2D eigenvalue weighted by Gasteiger charge is -2.11. The average Bonchev–Trinajstić information content (AvgIpc) is 3.06. The molecule has 0 aromatic carbocycles. The summed E-state index contributed by atoms with van der Waals surface area (Å²) in [7, 11) is 0. The molecule has 0 bridgehead atoms. The minimum atomic E-state index is -0.114. The maximum absolute atomic E-state index is 11.7. The van der Waals surface area contributed by atoms with E-state index in [1.54, 1.807) is 36.7 Å². The van der Waals surface area contributed by atoms with Crippen LogP contribution in [-0.4, -0.2) is 25.8 Å². The number of pyridine rings is 2. The van der Waals surface area contributed by atoms with Gasteiger partial charge in [0.05, 0.1) is 12.6 Å². The van der Waals surface area contributed by atoms with Gasteiger partial charge in [0, 0.05) is 30.1 Å². The molecule has 0 saturated heterocycles. The molecule has 7 heteroatoms. The molecule has 7 nitrogen and oxygen atoms in total. The minimum Gasteiger partial charge on any atom is -0.475 e. The number of ether oxygens (including phenoxy) is 1. The average molecular weight is 326 g/mol. The van der Waals surface area contributed by atoms with Gasteiger partial charge in [-0.3, -0.25) is 4.79 Å². The van der Waals surface area contributed by atoms with Crippen molar-refractivity contribution in [3.63, 3.8) is 0 Å². The van der Waals surface area contributed by atoms with Gasteiger partial charge in [-0.25, -0.2) is 4.98 Å². The summed E-state index contributed by atoms with van der Waals surface area (Å²) in [5, 5.41) is 3.93. The third kappa shape index (κ3) is 3.68. The summed E-state index contributed by atoms with van der Waals surface area (Å²) in [5.74, 6) is 1.31. The normalized spacial score (nSPS) is 12.1. The molecule has 0 N–H and O–H groups in total. The van der Waals surface area contributed by atoms with Crippen LogP contribution in [0.1, 0.15) is 26.1 Å². The summed E-state index contributed by atoms with van der Waals surface area (Å²) in [5.41, 5.74) is 0.611. The lowest BCUT2D eigenvalue weighted by Crippen LogP contribution is -2.18. The van der Waals surface area contributed by atoms with E-state index in [1.807, 2.05) is 13.8 Å². The van der Waals surface area contributed by atoms with Crippen LogP contribution in [0, 0.1) is 0 Å². The maximum Gasteiger partial charge on any atom is 0.258 e. The molecule has 3 rings (SSSR count). The number of rotatable bonds is 6. The van der Waals surface area contributed by atoms with E-state index in [9.17, 15) is 4.79 Å². The zero-order valence-corrected chi connectivity index (χ0v) is 13.5. The molecule has 0 aliphatic carbocycles. The highest BCUT2D eigenvalue weighted by molar-refractivity contribution is 5.53. The van der Waals surface area contributed by atoms with Crippen LogP contribution in [0.25, 0.3) is 11.5 Å². The van der Waals surface area contributed by atoms with Crippen molar-refractivity contribution in [1.29, 1.82) is 0 Å². The van der Waals surface area contributed by atoms with Gasteiger partial charge in [0.1, 0.15) is 0 Å². The molecule has 3 aromatic rings. The highest BCUT2D eigenvalue weighted by Gasteiger charge is 2.12. The highest BCUT2D eigenvalue weighted by Crippen LogP contribution is 2.21. The van der Waals surface area contributed by atoms with E-state index in [1.165, 1.54) is 10.6 Å². The summed E-state index contributed by atoms with van der Waals surface area (Å²) < 4.78 is 12.5. The number of hydrogen-bond acceptors (Lipinski definition) is 6. The van der Waals surface area contributed by atoms with Gasteiger partial charge in [-0.2, -0.15) is 4.98 Å². The third-order valence-corrected chi connectivity index (χ3v) is 3.56. The fraction of sp³-hybridized carbons (Fsp3) is 0.294. The van der Waals surface area contributed by atoms with Gasteiger partial charge in [-0.1, -0.05) is 18.1 Å². The smallest absolute Gasteiger partial charge is 0.258 e. The molecule has 3 aromatic heterocycles. The van der Waals surface area contributed by atoms with Gasteiger partial charge in [0.2, 0.25) is 5.88 Å². The van der Waals surface area contributed by atoms with Crippen LogP contribution in [-0.2, 0) is 6.54 Å². The Balaban J connectivity index is 1.79. The highest BCUT2D eigenvalue weighted by atomic mass is 16.5. The molecule has 0 spiro atoms. The van der Waals surface area contributed by atoms with E-state index in [-0.39, 0.29) is 18.2 Å². The molecule has 0 fully saturated rings. The van der Waals surface area contributed by atoms with Crippen LogP contribution in [0.4, 0.5) is 0 Å². The van der Waals surface area contributed by atoms with E-state index >= 15 is 0 Å². The summed E-state index contributed by atoms with van der Waals surface area (Å²) >= 11 is 0. The zero-order valence-electron chi connectivity index (χ0n) is 13.5. The second-order valence-corrected chi connectivity index (χ2v) is 5.40. The molecule has 3 heterocycles. The summed E-state index contributed by atoms with van der Waals surface area (Å²) in [4.78, 5) is 20.2. The summed E-state index contributed by atoms with van der Waals surface area (Å²) in [6, 6.07) is 8.50. The Kier molecular flexibility index (Phi) is 4.69. The minimum absolute atomic E-state index is 0.0796. The Bertz CT molecular complexity index is 872. The topological polar surface area (TPSA) is 83.0 Å². The van der Waals surface area contributed by atoms with Crippen LogP contribution >= 0.6 is 0 Å². The van der Waals surface area contributed by atoms with Crippen molar-refractivity contribution >= 4 is 0 Å². The van der Waals surface area contributed by atoms with Crippen molar-refractivity contribution in [2.45, 2.75) is 32.9 Å². The van der Waals surface area contributed by atoms with E-state index in [0.29, 0.717) is 17.6 Å². The second kappa shape index (κ2) is 7.08. The molecule has 0 aliphatic heterocycles. The Morgan fingerprint density at radius 3 is 3.00 bits per heavy atom. The predicted molar refractivity (Wildman–Crippen MR) is 87.7 cm³/mol. The van der Waals surface area contributed by atoms with Crippen LogP contribution in [0.15, 0.2) is 52.0 Å². The first kappa shape index (κ1) is 15.9. The fourth-order valence-electron chi connectivity index (χ4n) is 2.08. The monoisotopic (exact) mass is 326 g/mol. The zero-order chi connectivity index (χ0) is 16.9. The van der Waals surface area contributed by atoms with Crippen molar-refractivity contribution in [2.75, 3.05) is 0 Å². The van der Waals surface area contributed by atoms with Crippen LogP contribution in [0.3, 0.4) is 0 Å². The van der Waals surface area contributed by atoms with Crippen molar-refractivity contribution in [2.24, 2.45) is 0 Å². The van der Waals surface area contributed by atoms with Gasteiger partial charge in [0.15, 0.2) is 5.82 Å². The van der Waals surface area contributed by atoms with E-state index in [0.717, 1.165) is 12.0 Å². The number of aromatic nitrogens is 4. The van der Waals surface area contributed by atoms with Crippen molar-refractivity contribution in [3.05, 3.63) is 58.9 Å². The molecule has 0 saturated carbocycles. The van der Waals surface area contributed by atoms with E-state index in [2.05, 4.69) is 15.1 Å². The molecular weight excluding hydrogens is 308 g/mol. The predicted octanol–water partition coefficient (Wildman–Crippen LogP) is 2.52. The van der Waals surface area contributed by atoms with Crippen LogP contribution in [0.2, 0.25) is 0 Å². The summed E-state index contributed by atoms with van der Waals surface area (Å²) in [6.07, 6.45) is 4.29. The SMILES string of the molecule is CC[C@H](C)Oc1cc(-c2nc(Cn3ccccc3=O)no2)ccn1. The number of hydrogen-bond donors (Lipinski definition) is 0.